The third-order valence-electron chi connectivity index (χ3n) is 4.40. The van der Waals surface area contributed by atoms with Gasteiger partial charge in [0.15, 0.2) is 0 Å². The second-order valence-corrected chi connectivity index (χ2v) is 13.3. The zero-order chi connectivity index (χ0) is 23.4. The number of hydrogen-bond acceptors (Lipinski definition) is 5. The summed E-state index contributed by atoms with van der Waals surface area (Å²) in [6, 6.07) is -0.609. The van der Waals surface area contributed by atoms with Crippen LogP contribution in [0.3, 0.4) is 0 Å². The third-order valence-corrected chi connectivity index (χ3v) is 5.22. The van der Waals surface area contributed by atoms with Crippen LogP contribution in [-0.4, -0.2) is 50.6 Å². The summed E-state index contributed by atoms with van der Waals surface area (Å²) in [5.41, 5.74) is 0.604. The number of cyclic esters (lactones) is 1. The van der Waals surface area contributed by atoms with E-state index in [1.165, 1.54) is 0 Å². The number of alkyl halides is 3. The van der Waals surface area contributed by atoms with E-state index in [0.717, 1.165) is 17.9 Å². The van der Waals surface area contributed by atoms with Crippen LogP contribution < -0.4 is 0 Å². The summed E-state index contributed by atoms with van der Waals surface area (Å²) in [4.78, 5) is 25.7. The van der Waals surface area contributed by atoms with Gasteiger partial charge in [-0.1, -0.05) is 27.4 Å². The number of carbonyl (C=O) groups excluding carboxylic acids is 2. The third kappa shape index (κ3) is 7.37. The van der Waals surface area contributed by atoms with Gasteiger partial charge in [0.05, 0.1) is 17.9 Å². The predicted molar refractivity (Wildman–Crippen MR) is 109 cm³/mol. The highest BCUT2D eigenvalue weighted by atomic mass is 28.4. The van der Waals surface area contributed by atoms with Crippen LogP contribution in [0.2, 0.25) is 19.6 Å². The fourth-order valence-corrected chi connectivity index (χ4v) is 3.56. The summed E-state index contributed by atoms with van der Waals surface area (Å²) in [6.07, 6.45) is -4.89. The number of rotatable bonds is 9. The number of halogens is 3. The second kappa shape index (κ2) is 9.89. The van der Waals surface area contributed by atoms with Crippen molar-refractivity contribution in [3.05, 3.63) is 24.2 Å². The number of carbonyl (C=O) groups is 2. The SMILES string of the molecule is C=C(C)CO/C(=C/[C@H]([C@@H](C)C(=O)N1C(=O)OC[C@@H]1C(C)C)C(F)(F)F)O[Si](C)(C)C. The molecule has 30 heavy (non-hydrogen) atoms. The Balaban J connectivity index is 3.28. The van der Waals surface area contributed by atoms with Crippen molar-refractivity contribution in [2.24, 2.45) is 17.8 Å². The molecule has 10 heteroatoms. The van der Waals surface area contributed by atoms with E-state index >= 15 is 0 Å². The van der Waals surface area contributed by atoms with Crippen LogP contribution >= 0.6 is 0 Å². The van der Waals surface area contributed by atoms with E-state index < -0.39 is 44.4 Å². The van der Waals surface area contributed by atoms with Gasteiger partial charge in [0, 0.05) is 6.08 Å². The number of hydrogen-bond donors (Lipinski definition) is 0. The van der Waals surface area contributed by atoms with Crippen LogP contribution in [0.25, 0.3) is 0 Å². The second-order valence-electron chi connectivity index (χ2n) is 8.90. The first-order valence-electron chi connectivity index (χ1n) is 9.79. The minimum atomic E-state index is -4.76. The molecule has 0 aromatic heterocycles. The van der Waals surface area contributed by atoms with Gasteiger partial charge >= 0.3 is 12.3 Å². The lowest BCUT2D eigenvalue weighted by molar-refractivity contribution is -0.180. The Morgan fingerprint density at radius 2 is 1.90 bits per heavy atom. The van der Waals surface area contributed by atoms with Crippen LogP contribution in [0, 0.1) is 17.8 Å². The molecule has 1 rings (SSSR count). The fourth-order valence-electron chi connectivity index (χ4n) is 2.83. The van der Waals surface area contributed by atoms with Gasteiger partial charge < -0.3 is 13.9 Å². The number of allylic oxidation sites excluding steroid dienone is 1. The standard InChI is InChI=1S/C20H32F3NO5Si/c1-12(2)10-27-17(29-30(6,7)8)9-15(20(21,22)23)14(5)18(25)24-16(13(3)4)11-28-19(24)26/h9,13-16H,1,10-11H2,2-8H3/b17-9-/t14-,15-,16-/m1/s1. The van der Waals surface area contributed by atoms with Crippen molar-refractivity contribution in [2.45, 2.75) is 59.6 Å². The van der Waals surface area contributed by atoms with Gasteiger partial charge in [-0.25, -0.2) is 9.69 Å². The zero-order valence-corrected chi connectivity index (χ0v) is 19.6. The molecule has 3 atom stereocenters. The number of amides is 2. The molecule has 0 saturated carbocycles. The van der Waals surface area contributed by atoms with Gasteiger partial charge in [0.25, 0.3) is 5.95 Å². The van der Waals surface area contributed by atoms with Crippen LogP contribution in [0.1, 0.15) is 27.7 Å². The van der Waals surface area contributed by atoms with E-state index in [0.29, 0.717) is 5.57 Å². The molecule has 0 unspecified atom stereocenters. The van der Waals surface area contributed by atoms with Gasteiger partial charge in [-0.05, 0) is 38.1 Å². The molecule has 1 fully saturated rings. The van der Waals surface area contributed by atoms with E-state index in [2.05, 4.69) is 6.58 Å². The fraction of sp³-hybridized carbons (Fsp3) is 0.700. The first-order chi connectivity index (χ1) is 13.5. The van der Waals surface area contributed by atoms with Crippen molar-refractivity contribution in [2.75, 3.05) is 13.2 Å². The van der Waals surface area contributed by atoms with Gasteiger partial charge in [-0.2, -0.15) is 13.2 Å². The van der Waals surface area contributed by atoms with Crippen LogP contribution in [0.5, 0.6) is 0 Å². The van der Waals surface area contributed by atoms with Gasteiger partial charge in [0.1, 0.15) is 13.2 Å². The number of imide groups is 1. The minimum absolute atomic E-state index is 0.0168. The Hall–Kier alpha value is -1.97. The Bertz CT molecular complexity index is 685. The molecular weight excluding hydrogens is 419 g/mol. The van der Waals surface area contributed by atoms with Crippen LogP contribution in [0.15, 0.2) is 24.2 Å². The Morgan fingerprint density at radius 1 is 1.33 bits per heavy atom. The van der Waals surface area contributed by atoms with E-state index in [1.54, 1.807) is 40.4 Å². The molecule has 1 aliphatic rings. The normalized spacial score (nSPS) is 20.1. The largest absolute Gasteiger partial charge is 0.520 e. The highest BCUT2D eigenvalue weighted by Crippen LogP contribution is 2.37. The van der Waals surface area contributed by atoms with Crippen molar-refractivity contribution >= 4 is 20.3 Å². The molecule has 6 nitrogen and oxygen atoms in total. The van der Waals surface area contributed by atoms with E-state index in [4.69, 9.17) is 13.9 Å². The molecule has 0 aliphatic carbocycles. The Morgan fingerprint density at radius 3 is 2.33 bits per heavy atom. The monoisotopic (exact) mass is 451 g/mol. The van der Waals surface area contributed by atoms with Crippen molar-refractivity contribution in [3.63, 3.8) is 0 Å². The zero-order valence-electron chi connectivity index (χ0n) is 18.6. The van der Waals surface area contributed by atoms with Crippen molar-refractivity contribution in [3.8, 4) is 0 Å². The van der Waals surface area contributed by atoms with E-state index in [1.807, 2.05) is 0 Å². The molecule has 1 aliphatic heterocycles. The molecule has 2 amide bonds. The minimum Gasteiger partial charge on any atom is -0.520 e. The molecule has 0 bridgehead atoms. The Kier molecular flexibility index (Phi) is 8.59. The average molecular weight is 452 g/mol. The summed E-state index contributed by atoms with van der Waals surface area (Å²) >= 11 is 0. The first kappa shape index (κ1) is 26.1. The maximum Gasteiger partial charge on any atom is 0.416 e. The lowest BCUT2D eigenvalue weighted by Gasteiger charge is -2.30. The maximum atomic E-state index is 13.9. The predicted octanol–water partition coefficient (Wildman–Crippen LogP) is 5.09. The quantitative estimate of drug-likeness (QED) is 0.278. The number of nitrogens with zero attached hydrogens (tertiary/aromatic N) is 1. The van der Waals surface area contributed by atoms with Crippen molar-refractivity contribution in [1.82, 2.24) is 4.90 Å². The summed E-state index contributed by atoms with van der Waals surface area (Å²) in [5, 5.41) is 0. The molecule has 1 saturated heterocycles. The molecule has 0 spiro atoms. The Labute approximate surface area is 177 Å². The molecule has 0 N–H and O–H groups in total. The highest BCUT2D eigenvalue weighted by Gasteiger charge is 2.49. The summed E-state index contributed by atoms with van der Waals surface area (Å²) in [5.74, 6) is -5.17. The molecular formula is C20H32F3NO5Si. The lowest BCUT2D eigenvalue weighted by Crippen LogP contribution is -2.47. The smallest absolute Gasteiger partial charge is 0.416 e. The van der Waals surface area contributed by atoms with Crippen LogP contribution in [0.4, 0.5) is 18.0 Å². The average Bonchev–Trinajstić information content (AvgIpc) is 2.95. The van der Waals surface area contributed by atoms with Crippen molar-refractivity contribution in [1.29, 1.82) is 0 Å². The van der Waals surface area contributed by atoms with E-state index in [9.17, 15) is 22.8 Å². The number of ether oxygens (including phenoxy) is 2. The van der Waals surface area contributed by atoms with Gasteiger partial charge in [0.2, 0.25) is 14.2 Å². The molecule has 172 valence electrons. The van der Waals surface area contributed by atoms with Crippen molar-refractivity contribution < 1.29 is 36.7 Å². The van der Waals surface area contributed by atoms with Crippen LogP contribution in [-0.2, 0) is 18.7 Å². The summed E-state index contributed by atoms with van der Waals surface area (Å²) in [6.45, 7) is 15.4. The summed E-state index contributed by atoms with van der Waals surface area (Å²) < 4.78 is 57.7. The topological polar surface area (TPSA) is 65.1 Å². The van der Waals surface area contributed by atoms with Gasteiger partial charge in [-0.3, -0.25) is 4.79 Å². The first-order valence-corrected chi connectivity index (χ1v) is 13.2. The summed E-state index contributed by atoms with van der Waals surface area (Å²) in [7, 11) is -2.30. The highest BCUT2D eigenvalue weighted by molar-refractivity contribution is 6.70. The molecule has 0 aromatic carbocycles. The molecule has 0 radical (unpaired) electrons. The van der Waals surface area contributed by atoms with Gasteiger partial charge in [-0.15, -0.1) is 0 Å². The van der Waals surface area contributed by atoms with E-state index in [-0.39, 0.29) is 25.1 Å². The maximum absolute atomic E-state index is 13.9. The lowest BCUT2D eigenvalue weighted by atomic mass is 9.91. The molecule has 1 heterocycles. The molecule has 0 aromatic rings.